The number of rotatable bonds is 6. The van der Waals surface area contributed by atoms with Crippen LogP contribution in [0.4, 0.5) is 0 Å². The monoisotopic (exact) mass is 297 g/mol. The van der Waals surface area contributed by atoms with Gasteiger partial charge >= 0.3 is 0 Å². The van der Waals surface area contributed by atoms with Gasteiger partial charge in [-0.05, 0) is 37.0 Å². The lowest BCUT2D eigenvalue weighted by molar-refractivity contribution is -0.126. The minimum atomic E-state index is -0.314. The second-order valence-electron chi connectivity index (χ2n) is 6.09. The number of nitrogens with one attached hydrogen (secondary N) is 1. The first-order chi connectivity index (χ1) is 10.8. The van der Waals surface area contributed by atoms with Crippen molar-refractivity contribution in [1.29, 1.82) is 0 Å². The highest BCUT2D eigenvalue weighted by molar-refractivity contribution is 5.88. The van der Waals surface area contributed by atoms with Gasteiger partial charge in [0.2, 0.25) is 5.91 Å². The van der Waals surface area contributed by atoms with Gasteiger partial charge in [-0.1, -0.05) is 43.2 Å². The highest BCUT2D eigenvalue weighted by Crippen LogP contribution is 2.41. The van der Waals surface area contributed by atoms with E-state index in [0.717, 1.165) is 49.8 Å². The maximum Gasteiger partial charge on any atom is 0.230 e. The van der Waals surface area contributed by atoms with Crippen LogP contribution in [0.15, 0.2) is 53.1 Å². The molecule has 1 aromatic heterocycles. The molecule has 1 saturated carbocycles. The van der Waals surface area contributed by atoms with Gasteiger partial charge in [0.25, 0.3) is 0 Å². The molecule has 3 heteroatoms. The summed E-state index contributed by atoms with van der Waals surface area (Å²) in [7, 11) is 0. The number of hydrogen-bond donors (Lipinski definition) is 1. The first kappa shape index (κ1) is 14.9. The SMILES string of the molecule is O=C(NCCCc1ccco1)C1(c2ccccc2)CCCC1. The zero-order valence-electron chi connectivity index (χ0n) is 12.9. The van der Waals surface area contributed by atoms with Crippen molar-refractivity contribution in [2.75, 3.05) is 6.54 Å². The minimum absolute atomic E-state index is 0.190. The van der Waals surface area contributed by atoms with Gasteiger partial charge in [0, 0.05) is 13.0 Å². The molecule has 22 heavy (non-hydrogen) atoms. The fourth-order valence-electron chi connectivity index (χ4n) is 3.47. The minimum Gasteiger partial charge on any atom is -0.469 e. The predicted molar refractivity (Wildman–Crippen MR) is 86.6 cm³/mol. The lowest BCUT2D eigenvalue weighted by Crippen LogP contribution is -2.43. The molecular weight excluding hydrogens is 274 g/mol. The van der Waals surface area contributed by atoms with Crippen LogP contribution in [-0.2, 0) is 16.6 Å². The van der Waals surface area contributed by atoms with Crippen molar-refractivity contribution >= 4 is 5.91 Å². The molecule has 0 aliphatic heterocycles. The van der Waals surface area contributed by atoms with Crippen LogP contribution in [-0.4, -0.2) is 12.5 Å². The van der Waals surface area contributed by atoms with Gasteiger partial charge in [-0.3, -0.25) is 4.79 Å². The van der Waals surface area contributed by atoms with Gasteiger partial charge in [0.1, 0.15) is 5.76 Å². The second-order valence-corrected chi connectivity index (χ2v) is 6.09. The third-order valence-corrected chi connectivity index (χ3v) is 4.68. The molecular formula is C19H23NO2. The molecule has 1 aliphatic rings. The van der Waals surface area contributed by atoms with E-state index in [1.807, 2.05) is 30.3 Å². The molecule has 1 amide bonds. The van der Waals surface area contributed by atoms with Crippen LogP contribution in [0.1, 0.15) is 43.4 Å². The first-order valence-corrected chi connectivity index (χ1v) is 8.17. The zero-order chi connectivity index (χ0) is 15.3. The Balaban J connectivity index is 1.59. The van der Waals surface area contributed by atoms with E-state index in [9.17, 15) is 4.79 Å². The molecule has 1 N–H and O–H groups in total. The summed E-state index contributed by atoms with van der Waals surface area (Å²) in [5, 5.41) is 3.15. The van der Waals surface area contributed by atoms with Gasteiger partial charge in [0.15, 0.2) is 0 Å². The number of carbonyl (C=O) groups excluding carboxylic acids is 1. The van der Waals surface area contributed by atoms with Crippen molar-refractivity contribution in [1.82, 2.24) is 5.32 Å². The number of aryl methyl sites for hydroxylation is 1. The number of carbonyl (C=O) groups is 1. The first-order valence-electron chi connectivity index (χ1n) is 8.17. The standard InChI is InChI=1S/C19H23NO2/c21-18(20-14-6-10-17-11-7-15-22-17)19(12-4-5-13-19)16-8-2-1-3-9-16/h1-3,7-9,11,15H,4-6,10,12-14H2,(H,20,21). The Labute approximate surface area is 131 Å². The topological polar surface area (TPSA) is 42.2 Å². The largest absolute Gasteiger partial charge is 0.469 e. The van der Waals surface area contributed by atoms with E-state index in [1.165, 1.54) is 0 Å². The summed E-state index contributed by atoms with van der Waals surface area (Å²) in [6.45, 7) is 0.702. The van der Waals surface area contributed by atoms with Crippen LogP contribution in [0.5, 0.6) is 0 Å². The van der Waals surface area contributed by atoms with E-state index in [4.69, 9.17) is 4.42 Å². The molecule has 0 bridgehead atoms. The number of furan rings is 1. The van der Waals surface area contributed by atoms with E-state index in [-0.39, 0.29) is 11.3 Å². The van der Waals surface area contributed by atoms with Gasteiger partial charge in [-0.15, -0.1) is 0 Å². The molecule has 3 rings (SSSR count). The molecule has 1 aliphatic carbocycles. The molecule has 0 spiro atoms. The molecule has 0 radical (unpaired) electrons. The van der Waals surface area contributed by atoms with E-state index in [0.29, 0.717) is 6.54 Å². The Hall–Kier alpha value is -2.03. The summed E-state index contributed by atoms with van der Waals surface area (Å²) in [6.07, 6.45) is 7.65. The van der Waals surface area contributed by atoms with Crippen molar-refractivity contribution in [3.05, 3.63) is 60.1 Å². The summed E-state index contributed by atoms with van der Waals surface area (Å²) in [5.74, 6) is 1.17. The fourth-order valence-corrected chi connectivity index (χ4v) is 3.47. The average molecular weight is 297 g/mol. The second kappa shape index (κ2) is 6.82. The number of benzene rings is 1. The highest BCUT2D eigenvalue weighted by Gasteiger charge is 2.42. The molecule has 0 atom stereocenters. The van der Waals surface area contributed by atoms with Crippen molar-refractivity contribution in [3.63, 3.8) is 0 Å². The van der Waals surface area contributed by atoms with E-state index in [2.05, 4.69) is 17.4 Å². The third-order valence-electron chi connectivity index (χ3n) is 4.68. The maximum absolute atomic E-state index is 12.8. The van der Waals surface area contributed by atoms with Gasteiger partial charge in [-0.25, -0.2) is 0 Å². The van der Waals surface area contributed by atoms with E-state index >= 15 is 0 Å². The fraction of sp³-hybridized carbons (Fsp3) is 0.421. The lowest BCUT2D eigenvalue weighted by atomic mass is 9.78. The molecule has 3 nitrogen and oxygen atoms in total. The average Bonchev–Trinajstić information content (AvgIpc) is 3.24. The summed E-state index contributed by atoms with van der Waals surface area (Å²) >= 11 is 0. The van der Waals surface area contributed by atoms with Crippen molar-refractivity contribution in [3.8, 4) is 0 Å². The smallest absolute Gasteiger partial charge is 0.230 e. The third kappa shape index (κ3) is 3.08. The summed E-state index contributed by atoms with van der Waals surface area (Å²) < 4.78 is 5.32. The molecule has 0 saturated heterocycles. The van der Waals surface area contributed by atoms with Crippen molar-refractivity contribution in [2.45, 2.75) is 43.9 Å². The van der Waals surface area contributed by atoms with Crippen LogP contribution in [0.3, 0.4) is 0 Å². The number of amides is 1. The van der Waals surface area contributed by atoms with Crippen molar-refractivity contribution < 1.29 is 9.21 Å². The molecule has 116 valence electrons. The highest BCUT2D eigenvalue weighted by atomic mass is 16.3. The van der Waals surface area contributed by atoms with E-state index in [1.54, 1.807) is 6.26 Å². The Bertz CT molecular complexity index is 583. The molecule has 1 fully saturated rings. The molecule has 1 aromatic carbocycles. The van der Waals surface area contributed by atoms with Crippen molar-refractivity contribution in [2.24, 2.45) is 0 Å². The van der Waals surface area contributed by atoms with Crippen LogP contribution in [0.25, 0.3) is 0 Å². The Kier molecular flexibility index (Phi) is 4.62. The Morgan fingerprint density at radius 2 is 1.86 bits per heavy atom. The summed E-state index contributed by atoms with van der Waals surface area (Å²) in [4.78, 5) is 12.8. The van der Waals surface area contributed by atoms with Gasteiger partial charge < -0.3 is 9.73 Å². The Morgan fingerprint density at radius 3 is 2.55 bits per heavy atom. The Morgan fingerprint density at radius 1 is 1.09 bits per heavy atom. The van der Waals surface area contributed by atoms with Crippen LogP contribution < -0.4 is 5.32 Å². The van der Waals surface area contributed by atoms with Crippen LogP contribution in [0.2, 0.25) is 0 Å². The molecule has 1 heterocycles. The lowest BCUT2D eigenvalue weighted by Gasteiger charge is -2.28. The predicted octanol–water partition coefficient (Wildman–Crippen LogP) is 3.84. The molecule has 0 unspecified atom stereocenters. The summed E-state index contributed by atoms with van der Waals surface area (Å²) in [5.41, 5.74) is 0.849. The van der Waals surface area contributed by atoms with Crippen LogP contribution in [0, 0.1) is 0 Å². The quantitative estimate of drug-likeness (QED) is 0.823. The normalized spacial score (nSPS) is 16.5. The maximum atomic E-state index is 12.8. The van der Waals surface area contributed by atoms with Crippen LogP contribution >= 0.6 is 0 Å². The van der Waals surface area contributed by atoms with E-state index < -0.39 is 0 Å². The van der Waals surface area contributed by atoms with Gasteiger partial charge in [-0.2, -0.15) is 0 Å². The summed E-state index contributed by atoms with van der Waals surface area (Å²) in [6, 6.07) is 14.1. The zero-order valence-corrected chi connectivity index (χ0v) is 12.9. The number of hydrogen-bond acceptors (Lipinski definition) is 2. The van der Waals surface area contributed by atoms with Gasteiger partial charge in [0.05, 0.1) is 11.7 Å². The molecule has 2 aromatic rings.